The van der Waals surface area contributed by atoms with Crippen molar-refractivity contribution in [1.29, 1.82) is 0 Å². The average Bonchev–Trinajstić information content (AvgIpc) is 2.32. The van der Waals surface area contributed by atoms with E-state index in [1.54, 1.807) is 0 Å². The van der Waals surface area contributed by atoms with Gasteiger partial charge in [0.15, 0.2) is 0 Å². The fourth-order valence-corrected chi connectivity index (χ4v) is 2.32. The van der Waals surface area contributed by atoms with Crippen LogP contribution in [0.5, 0.6) is 0 Å². The summed E-state index contributed by atoms with van der Waals surface area (Å²) >= 11 is 0. The fraction of sp³-hybridized carbons (Fsp3) is 0.600. The quantitative estimate of drug-likeness (QED) is 0.805. The van der Waals surface area contributed by atoms with Gasteiger partial charge in [0.25, 0.3) is 0 Å². The van der Waals surface area contributed by atoms with E-state index < -0.39 is 12.8 Å². The van der Waals surface area contributed by atoms with Crippen LogP contribution in [0.3, 0.4) is 0 Å². The highest BCUT2D eigenvalue weighted by Crippen LogP contribution is 2.36. The summed E-state index contributed by atoms with van der Waals surface area (Å²) in [5.74, 6) is 0.676. The summed E-state index contributed by atoms with van der Waals surface area (Å²) in [6.45, 7) is -1.19. The van der Waals surface area contributed by atoms with E-state index >= 15 is 0 Å². The summed E-state index contributed by atoms with van der Waals surface area (Å²) in [5, 5.41) is 0. The SMILES string of the molecule is NC(CCOCC(F)(F)F)c1ccc(C2CCC2)cc1. The molecule has 112 valence electrons. The Morgan fingerprint density at radius 2 is 1.85 bits per heavy atom. The topological polar surface area (TPSA) is 35.2 Å². The first kappa shape index (κ1) is 15.3. The Hall–Kier alpha value is -1.07. The second-order valence-corrected chi connectivity index (χ2v) is 5.36. The Morgan fingerprint density at radius 1 is 1.20 bits per heavy atom. The first-order chi connectivity index (χ1) is 9.46. The third kappa shape index (κ3) is 4.49. The number of benzene rings is 1. The molecule has 0 spiro atoms. The van der Waals surface area contributed by atoms with Crippen LogP contribution in [0.25, 0.3) is 0 Å². The number of ether oxygens (including phenoxy) is 1. The maximum atomic E-state index is 11.9. The van der Waals surface area contributed by atoms with Gasteiger partial charge >= 0.3 is 6.18 Å². The summed E-state index contributed by atoms with van der Waals surface area (Å²) in [4.78, 5) is 0. The predicted octanol–water partition coefficient (Wildman–Crippen LogP) is 3.92. The van der Waals surface area contributed by atoms with Crippen LogP contribution in [0, 0.1) is 0 Å². The molecule has 0 amide bonds. The maximum absolute atomic E-state index is 11.9. The molecule has 1 aromatic rings. The molecule has 1 atom stereocenters. The zero-order valence-electron chi connectivity index (χ0n) is 11.3. The molecular formula is C15H20F3NO. The van der Waals surface area contributed by atoms with Gasteiger partial charge in [-0.25, -0.2) is 0 Å². The van der Waals surface area contributed by atoms with Gasteiger partial charge in [0.05, 0.1) is 0 Å². The number of halogens is 3. The van der Waals surface area contributed by atoms with Crippen molar-refractivity contribution in [3.63, 3.8) is 0 Å². The normalized spacial score (nSPS) is 17.8. The van der Waals surface area contributed by atoms with Crippen molar-refractivity contribution in [1.82, 2.24) is 0 Å². The van der Waals surface area contributed by atoms with Crippen LogP contribution < -0.4 is 5.73 Å². The number of hydrogen-bond acceptors (Lipinski definition) is 2. The summed E-state index contributed by atoms with van der Waals surface area (Å²) in [6.07, 6.45) is -0.0940. The largest absolute Gasteiger partial charge is 0.411 e. The van der Waals surface area contributed by atoms with Gasteiger partial charge in [0, 0.05) is 12.6 Å². The van der Waals surface area contributed by atoms with Crippen LogP contribution in [0.15, 0.2) is 24.3 Å². The first-order valence-electron chi connectivity index (χ1n) is 6.95. The van der Waals surface area contributed by atoms with E-state index in [1.807, 2.05) is 12.1 Å². The molecule has 0 aliphatic heterocycles. The lowest BCUT2D eigenvalue weighted by Crippen LogP contribution is -2.19. The Balaban J connectivity index is 1.75. The Labute approximate surface area is 117 Å². The summed E-state index contributed by atoms with van der Waals surface area (Å²) in [7, 11) is 0. The van der Waals surface area contributed by atoms with Crippen LogP contribution in [0.2, 0.25) is 0 Å². The Bertz CT molecular complexity index is 412. The molecule has 2 nitrogen and oxygen atoms in total. The van der Waals surface area contributed by atoms with Crippen LogP contribution in [-0.4, -0.2) is 19.4 Å². The van der Waals surface area contributed by atoms with Gasteiger partial charge in [-0.05, 0) is 36.3 Å². The molecule has 1 unspecified atom stereocenters. The molecule has 0 saturated heterocycles. The fourth-order valence-electron chi connectivity index (χ4n) is 2.32. The van der Waals surface area contributed by atoms with Gasteiger partial charge in [-0.15, -0.1) is 0 Å². The Morgan fingerprint density at radius 3 is 2.35 bits per heavy atom. The van der Waals surface area contributed by atoms with E-state index in [9.17, 15) is 13.2 Å². The number of rotatable bonds is 6. The van der Waals surface area contributed by atoms with E-state index in [1.165, 1.54) is 24.8 Å². The van der Waals surface area contributed by atoms with Crippen molar-refractivity contribution in [3.8, 4) is 0 Å². The molecule has 0 heterocycles. The molecule has 5 heteroatoms. The highest BCUT2D eigenvalue weighted by molar-refractivity contribution is 5.28. The molecule has 2 N–H and O–H groups in total. The van der Waals surface area contributed by atoms with Gasteiger partial charge in [0.2, 0.25) is 0 Å². The lowest BCUT2D eigenvalue weighted by atomic mass is 9.80. The summed E-state index contributed by atoms with van der Waals surface area (Å²) in [6, 6.07) is 7.83. The highest BCUT2D eigenvalue weighted by Gasteiger charge is 2.27. The van der Waals surface area contributed by atoms with E-state index in [-0.39, 0.29) is 12.6 Å². The van der Waals surface area contributed by atoms with Crippen molar-refractivity contribution in [3.05, 3.63) is 35.4 Å². The monoisotopic (exact) mass is 287 g/mol. The van der Waals surface area contributed by atoms with Gasteiger partial charge in [-0.3, -0.25) is 0 Å². The number of hydrogen-bond donors (Lipinski definition) is 1. The van der Waals surface area contributed by atoms with Crippen molar-refractivity contribution >= 4 is 0 Å². The Kier molecular flexibility index (Phi) is 5.05. The van der Waals surface area contributed by atoms with Crippen LogP contribution >= 0.6 is 0 Å². The van der Waals surface area contributed by atoms with Crippen LogP contribution in [-0.2, 0) is 4.74 Å². The average molecular weight is 287 g/mol. The molecule has 1 fully saturated rings. The third-order valence-electron chi connectivity index (χ3n) is 3.78. The minimum absolute atomic E-state index is 0.0189. The van der Waals surface area contributed by atoms with E-state index in [4.69, 9.17) is 5.73 Å². The van der Waals surface area contributed by atoms with E-state index in [0.717, 1.165) is 5.56 Å². The molecule has 1 aliphatic rings. The van der Waals surface area contributed by atoms with Gasteiger partial charge in [-0.2, -0.15) is 13.2 Å². The molecule has 0 bridgehead atoms. The maximum Gasteiger partial charge on any atom is 0.411 e. The van der Waals surface area contributed by atoms with Crippen molar-refractivity contribution in [2.45, 2.75) is 43.8 Å². The number of alkyl halides is 3. The predicted molar refractivity (Wildman–Crippen MR) is 71.5 cm³/mol. The lowest BCUT2D eigenvalue weighted by molar-refractivity contribution is -0.174. The second-order valence-electron chi connectivity index (χ2n) is 5.36. The van der Waals surface area contributed by atoms with Crippen LogP contribution in [0.4, 0.5) is 13.2 Å². The molecule has 0 radical (unpaired) electrons. The summed E-state index contributed by atoms with van der Waals surface area (Å²) in [5.41, 5.74) is 8.24. The minimum Gasteiger partial charge on any atom is -0.372 e. The second kappa shape index (κ2) is 6.59. The standard InChI is InChI=1S/C15H20F3NO/c16-15(17,18)10-20-9-8-14(19)13-6-4-12(5-7-13)11-2-1-3-11/h4-7,11,14H,1-3,8-10,19H2. The molecule has 20 heavy (non-hydrogen) atoms. The zero-order valence-corrected chi connectivity index (χ0v) is 11.3. The first-order valence-corrected chi connectivity index (χ1v) is 6.95. The molecular weight excluding hydrogens is 267 g/mol. The van der Waals surface area contributed by atoms with E-state index in [2.05, 4.69) is 16.9 Å². The third-order valence-corrected chi connectivity index (χ3v) is 3.78. The van der Waals surface area contributed by atoms with E-state index in [0.29, 0.717) is 12.3 Å². The lowest BCUT2D eigenvalue weighted by Gasteiger charge is -2.26. The van der Waals surface area contributed by atoms with Gasteiger partial charge in [0.1, 0.15) is 6.61 Å². The van der Waals surface area contributed by atoms with Crippen molar-refractivity contribution in [2.24, 2.45) is 5.73 Å². The molecule has 1 aromatic carbocycles. The summed E-state index contributed by atoms with van der Waals surface area (Å²) < 4.78 is 40.3. The molecule has 1 aliphatic carbocycles. The minimum atomic E-state index is -4.27. The van der Waals surface area contributed by atoms with Crippen molar-refractivity contribution in [2.75, 3.05) is 13.2 Å². The molecule has 1 saturated carbocycles. The van der Waals surface area contributed by atoms with Crippen molar-refractivity contribution < 1.29 is 17.9 Å². The molecule has 2 rings (SSSR count). The smallest absolute Gasteiger partial charge is 0.372 e. The number of nitrogens with two attached hydrogens (primary N) is 1. The zero-order chi connectivity index (χ0) is 14.6. The van der Waals surface area contributed by atoms with Crippen LogP contribution in [0.1, 0.15) is 48.8 Å². The molecule has 0 aromatic heterocycles. The highest BCUT2D eigenvalue weighted by atomic mass is 19.4. The van der Waals surface area contributed by atoms with Gasteiger partial charge in [-0.1, -0.05) is 30.7 Å². The van der Waals surface area contributed by atoms with Gasteiger partial charge < -0.3 is 10.5 Å².